The Morgan fingerprint density at radius 3 is 2.36 bits per heavy atom. The number of para-hydroxylation sites is 1. The van der Waals surface area contributed by atoms with Gasteiger partial charge in [0.2, 0.25) is 0 Å². The molecule has 1 heterocycles. The monoisotopic (exact) mass is 373 g/mol. The van der Waals surface area contributed by atoms with E-state index in [0.717, 1.165) is 0 Å². The van der Waals surface area contributed by atoms with E-state index in [1.807, 2.05) is 16.9 Å². The number of ketones is 1. The minimum atomic E-state index is -4.48. The topological polar surface area (TPSA) is 37.4 Å². The van der Waals surface area contributed by atoms with E-state index in [-0.39, 0.29) is 11.6 Å². The minimum absolute atomic E-state index is 0.252. The standard InChI is InChI=1S/C15H15AsF3NO2/c1-8(2)20-11-6-4-3-5-9(11)10(7-15(17,18)19)13(21)12(16)14(20)22/h3-6,8,10,12H,7H2,1-2H3. The number of halogens is 3. The Kier molecular flexibility index (Phi) is 4.71. The van der Waals surface area contributed by atoms with E-state index in [0.29, 0.717) is 5.69 Å². The van der Waals surface area contributed by atoms with Crippen molar-refractivity contribution >= 4 is 34.2 Å². The number of hydrogen-bond donors (Lipinski definition) is 0. The van der Waals surface area contributed by atoms with E-state index in [1.165, 1.54) is 11.0 Å². The summed E-state index contributed by atoms with van der Waals surface area (Å²) >= 11 is 1.92. The summed E-state index contributed by atoms with van der Waals surface area (Å²) < 4.78 is 37.4. The Hall–Kier alpha value is -1.29. The van der Waals surface area contributed by atoms with Gasteiger partial charge in [-0.3, -0.25) is 0 Å². The summed E-state index contributed by atoms with van der Waals surface area (Å²) in [5.41, 5.74) is 0.652. The zero-order chi connectivity index (χ0) is 16.7. The van der Waals surface area contributed by atoms with Crippen LogP contribution in [0.3, 0.4) is 0 Å². The van der Waals surface area contributed by atoms with E-state index in [2.05, 4.69) is 0 Å². The first-order chi connectivity index (χ1) is 10.1. The van der Waals surface area contributed by atoms with Crippen molar-refractivity contribution in [1.29, 1.82) is 0 Å². The number of nitrogens with zero attached hydrogens (tertiary/aromatic N) is 1. The van der Waals surface area contributed by atoms with Gasteiger partial charge in [0.15, 0.2) is 0 Å². The van der Waals surface area contributed by atoms with E-state index < -0.39 is 34.9 Å². The number of carbonyl (C=O) groups excluding carboxylic acids is 2. The average Bonchev–Trinajstić information content (AvgIpc) is 2.48. The van der Waals surface area contributed by atoms with E-state index in [1.54, 1.807) is 32.0 Å². The molecule has 0 aromatic heterocycles. The molecule has 2 radical (unpaired) electrons. The molecule has 0 N–H and O–H groups in total. The first-order valence-corrected chi connectivity index (χ1v) is 7.92. The van der Waals surface area contributed by atoms with Crippen LogP contribution in [0.15, 0.2) is 24.3 Å². The average molecular weight is 373 g/mol. The van der Waals surface area contributed by atoms with Crippen LogP contribution in [0.2, 0.25) is 4.71 Å². The number of carbonyl (C=O) groups is 2. The summed E-state index contributed by atoms with van der Waals surface area (Å²) in [7, 11) is 0. The van der Waals surface area contributed by atoms with Crippen molar-refractivity contribution in [3.63, 3.8) is 0 Å². The summed E-state index contributed by atoms with van der Waals surface area (Å²) in [5.74, 6) is -2.52. The predicted molar refractivity (Wildman–Crippen MR) is 77.0 cm³/mol. The molecule has 1 aromatic carbocycles. The third-order valence-corrected chi connectivity index (χ3v) is 4.61. The van der Waals surface area contributed by atoms with Crippen molar-refractivity contribution in [3.05, 3.63) is 29.8 Å². The fourth-order valence-corrected chi connectivity index (χ4v) is 3.33. The molecular weight excluding hydrogens is 358 g/mol. The Morgan fingerprint density at radius 2 is 1.82 bits per heavy atom. The van der Waals surface area contributed by atoms with Crippen LogP contribution in [0.4, 0.5) is 18.9 Å². The maximum absolute atomic E-state index is 12.9. The summed E-state index contributed by atoms with van der Waals surface area (Å²) in [6.07, 6.45) is -5.73. The van der Waals surface area contributed by atoms with Crippen LogP contribution in [0.25, 0.3) is 0 Å². The second kappa shape index (κ2) is 6.07. The molecule has 0 fully saturated rings. The molecular formula is C15H15AsF3NO2. The zero-order valence-corrected chi connectivity index (χ0v) is 14.0. The van der Waals surface area contributed by atoms with Crippen LogP contribution in [0, 0.1) is 0 Å². The third-order valence-electron chi connectivity index (χ3n) is 3.61. The molecule has 0 aliphatic carbocycles. The van der Waals surface area contributed by atoms with E-state index >= 15 is 0 Å². The molecule has 1 aliphatic rings. The number of benzene rings is 1. The van der Waals surface area contributed by atoms with Crippen LogP contribution in [0.1, 0.15) is 31.7 Å². The van der Waals surface area contributed by atoms with Gasteiger partial charge in [0.1, 0.15) is 0 Å². The van der Waals surface area contributed by atoms with E-state index in [9.17, 15) is 22.8 Å². The molecule has 0 bridgehead atoms. The fourth-order valence-electron chi connectivity index (χ4n) is 2.69. The molecule has 2 rings (SSSR count). The van der Waals surface area contributed by atoms with E-state index in [4.69, 9.17) is 0 Å². The summed E-state index contributed by atoms with van der Waals surface area (Å²) in [6.45, 7) is 3.53. The Morgan fingerprint density at radius 1 is 1.23 bits per heavy atom. The van der Waals surface area contributed by atoms with Crippen LogP contribution in [0.5, 0.6) is 0 Å². The molecule has 3 nitrogen and oxygen atoms in total. The molecule has 2 atom stereocenters. The fraction of sp³-hybridized carbons (Fsp3) is 0.467. The zero-order valence-electron chi connectivity index (χ0n) is 12.1. The van der Waals surface area contributed by atoms with Gasteiger partial charge >= 0.3 is 135 Å². The molecule has 1 amide bonds. The molecule has 1 aliphatic heterocycles. The van der Waals surface area contributed by atoms with Gasteiger partial charge in [-0.15, -0.1) is 0 Å². The Bertz CT molecular complexity index is 601. The number of hydrogen-bond acceptors (Lipinski definition) is 2. The van der Waals surface area contributed by atoms with Crippen molar-refractivity contribution in [2.75, 3.05) is 4.90 Å². The maximum atomic E-state index is 12.9. The second-order valence-corrected chi connectivity index (χ2v) is 6.62. The number of fused-ring (bicyclic) bond motifs is 1. The van der Waals surface area contributed by atoms with Gasteiger partial charge in [-0.2, -0.15) is 0 Å². The molecule has 0 saturated heterocycles. The van der Waals surface area contributed by atoms with Crippen LogP contribution < -0.4 is 4.90 Å². The normalized spacial score (nSPS) is 22.8. The molecule has 118 valence electrons. The van der Waals surface area contributed by atoms with Crippen LogP contribution >= 0.6 is 0 Å². The summed E-state index contributed by atoms with van der Waals surface area (Å²) in [5, 5.41) is 0. The van der Waals surface area contributed by atoms with Gasteiger partial charge in [-0.1, -0.05) is 0 Å². The number of anilines is 1. The van der Waals surface area contributed by atoms with Gasteiger partial charge in [0, 0.05) is 0 Å². The van der Waals surface area contributed by atoms with Gasteiger partial charge in [0.05, 0.1) is 0 Å². The summed E-state index contributed by atoms with van der Waals surface area (Å²) in [4.78, 5) is 26.3. The van der Waals surface area contributed by atoms with Crippen LogP contribution in [-0.2, 0) is 9.59 Å². The third kappa shape index (κ3) is 3.22. The number of Topliss-reactive ketones (excluding diaryl/α,β-unsaturated/α-hetero) is 1. The van der Waals surface area contributed by atoms with Crippen molar-refractivity contribution in [3.8, 4) is 0 Å². The predicted octanol–water partition coefficient (Wildman–Crippen LogP) is 3.00. The Labute approximate surface area is 135 Å². The molecule has 22 heavy (non-hydrogen) atoms. The number of alkyl halides is 3. The molecule has 2 unspecified atom stereocenters. The van der Waals surface area contributed by atoms with Gasteiger partial charge in [-0.25, -0.2) is 0 Å². The van der Waals surface area contributed by atoms with Crippen molar-refractivity contribution in [1.82, 2.24) is 0 Å². The molecule has 0 spiro atoms. The number of rotatable bonds is 2. The first-order valence-electron chi connectivity index (χ1n) is 6.84. The molecule has 7 heteroatoms. The Balaban J connectivity index is 2.62. The van der Waals surface area contributed by atoms with Crippen molar-refractivity contribution in [2.45, 2.75) is 43.1 Å². The quantitative estimate of drug-likeness (QED) is 0.591. The second-order valence-electron chi connectivity index (χ2n) is 5.54. The van der Waals surface area contributed by atoms with Crippen molar-refractivity contribution in [2.24, 2.45) is 0 Å². The number of amides is 1. The first kappa shape index (κ1) is 17.1. The molecule has 1 aromatic rings. The molecule has 0 saturated carbocycles. The van der Waals surface area contributed by atoms with Gasteiger partial charge < -0.3 is 0 Å². The van der Waals surface area contributed by atoms with Crippen LogP contribution in [-0.4, -0.2) is 40.8 Å². The SMILES string of the molecule is CC(C)N1C(=O)C([As])C(=O)C(CC(F)(F)F)c2ccccc21. The van der Waals surface area contributed by atoms with Gasteiger partial charge in [-0.05, 0) is 0 Å². The van der Waals surface area contributed by atoms with Crippen molar-refractivity contribution < 1.29 is 22.8 Å². The van der Waals surface area contributed by atoms with Gasteiger partial charge in [0.25, 0.3) is 0 Å². The summed E-state index contributed by atoms with van der Waals surface area (Å²) in [6, 6.07) is 6.08.